The second-order valence-corrected chi connectivity index (χ2v) is 4.30. The van der Waals surface area contributed by atoms with Gasteiger partial charge in [-0.05, 0) is 35.8 Å². The predicted octanol–water partition coefficient (Wildman–Crippen LogP) is 1.10. The molecule has 0 radical (unpaired) electrons. The lowest BCUT2D eigenvalue weighted by atomic mass is 9.80. The third-order valence-corrected chi connectivity index (χ3v) is 2.77. The van der Waals surface area contributed by atoms with E-state index < -0.39 is 18.8 Å². The summed E-state index contributed by atoms with van der Waals surface area (Å²) in [5.41, 5.74) is 0.493. The molecule has 0 unspecified atom stereocenters. The van der Waals surface area contributed by atoms with Crippen molar-refractivity contribution in [2.24, 2.45) is 0 Å². The first kappa shape index (κ1) is 15.0. The van der Waals surface area contributed by atoms with Crippen LogP contribution in [-0.2, 0) is 6.61 Å². The molecule has 0 spiro atoms. The smallest absolute Gasteiger partial charge is 0.488 e. The molecule has 2 rings (SSSR count). The van der Waals surface area contributed by atoms with Crippen molar-refractivity contribution in [2.75, 3.05) is 0 Å². The SMILES string of the molecule is N#Cc1ccc(F)cc1COc1cc(F)cc(B(O)O)c1. The molecule has 2 N–H and O–H groups in total. The lowest BCUT2D eigenvalue weighted by Crippen LogP contribution is -2.30. The molecule has 2 aromatic carbocycles. The topological polar surface area (TPSA) is 73.5 Å². The second kappa shape index (κ2) is 6.35. The van der Waals surface area contributed by atoms with Crippen LogP contribution in [0.15, 0.2) is 36.4 Å². The number of ether oxygens (including phenoxy) is 1. The van der Waals surface area contributed by atoms with Crippen molar-refractivity contribution in [1.29, 1.82) is 5.26 Å². The van der Waals surface area contributed by atoms with Crippen LogP contribution in [-0.4, -0.2) is 17.2 Å². The quantitative estimate of drug-likeness (QED) is 0.826. The van der Waals surface area contributed by atoms with Crippen LogP contribution >= 0.6 is 0 Å². The van der Waals surface area contributed by atoms with Crippen LogP contribution in [0.5, 0.6) is 5.75 Å². The Morgan fingerprint density at radius 3 is 2.52 bits per heavy atom. The minimum Gasteiger partial charge on any atom is -0.489 e. The van der Waals surface area contributed by atoms with Crippen LogP contribution in [0.2, 0.25) is 0 Å². The van der Waals surface area contributed by atoms with E-state index in [0.717, 1.165) is 24.3 Å². The van der Waals surface area contributed by atoms with Gasteiger partial charge in [0.05, 0.1) is 11.6 Å². The van der Waals surface area contributed by atoms with Gasteiger partial charge in [-0.3, -0.25) is 0 Å². The highest BCUT2D eigenvalue weighted by atomic mass is 19.1. The van der Waals surface area contributed by atoms with E-state index >= 15 is 0 Å². The van der Waals surface area contributed by atoms with Crippen molar-refractivity contribution in [1.82, 2.24) is 0 Å². The molecule has 4 nitrogen and oxygen atoms in total. The van der Waals surface area contributed by atoms with Gasteiger partial charge in [0.15, 0.2) is 0 Å². The minimum absolute atomic E-state index is 0.0475. The Labute approximate surface area is 120 Å². The summed E-state index contributed by atoms with van der Waals surface area (Å²) in [6.07, 6.45) is 0. The average Bonchev–Trinajstić information content (AvgIpc) is 2.44. The standard InChI is InChI=1S/C14H10BF2NO3/c16-12-2-1-9(7-18)10(3-12)8-21-14-5-11(15(19)20)4-13(17)6-14/h1-6,19-20H,8H2. The lowest BCUT2D eigenvalue weighted by Gasteiger charge is -2.09. The van der Waals surface area contributed by atoms with Gasteiger partial charge in [0.25, 0.3) is 0 Å². The van der Waals surface area contributed by atoms with E-state index in [0.29, 0.717) is 5.56 Å². The van der Waals surface area contributed by atoms with E-state index in [-0.39, 0.29) is 23.4 Å². The van der Waals surface area contributed by atoms with E-state index in [4.69, 9.17) is 20.0 Å². The number of halogens is 2. The van der Waals surface area contributed by atoms with Crippen molar-refractivity contribution in [3.63, 3.8) is 0 Å². The summed E-state index contributed by atoms with van der Waals surface area (Å²) in [7, 11) is -1.83. The van der Waals surface area contributed by atoms with Gasteiger partial charge in [-0.1, -0.05) is 0 Å². The molecule has 21 heavy (non-hydrogen) atoms. The molecule has 106 valence electrons. The highest BCUT2D eigenvalue weighted by molar-refractivity contribution is 6.58. The molecule has 0 aliphatic rings. The second-order valence-electron chi connectivity index (χ2n) is 4.30. The van der Waals surface area contributed by atoms with Crippen molar-refractivity contribution >= 4 is 12.6 Å². The lowest BCUT2D eigenvalue weighted by molar-refractivity contribution is 0.303. The molecule has 0 amide bonds. The number of nitrogens with zero attached hydrogens (tertiary/aromatic N) is 1. The molecular weight excluding hydrogens is 279 g/mol. The molecule has 0 fully saturated rings. The molecule has 0 heterocycles. The highest BCUT2D eigenvalue weighted by Crippen LogP contribution is 2.16. The number of rotatable bonds is 4. The Morgan fingerprint density at radius 2 is 1.86 bits per heavy atom. The first-order valence-corrected chi connectivity index (χ1v) is 5.97. The molecule has 0 aromatic heterocycles. The van der Waals surface area contributed by atoms with Crippen molar-refractivity contribution < 1.29 is 23.6 Å². The first-order chi connectivity index (χ1) is 9.99. The van der Waals surface area contributed by atoms with Crippen molar-refractivity contribution in [2.45, 2.75) is 6.61 Å². The third kappa shape index (κ3) is 3.78. The van der Waals surface area contributed by atoms with E-state index in [1.807, 2.05) is 6.07 Å². The van der Waals surface area contributed by atoms with Crippen molar-refractivity contribution in [3.05, 3.63) is 59.2 Å². The number of benzene rings is 2. The van der Waals surface area contributed by atoms with Gasteiger partial charge < -0.3 is 14.8 Å². The van der Waals surface area contributed by atoms with E-state index in [2.05, 4.69) is 0 Å². The fraction of sp³-hybridized carbons (Fsp3) is 0.0714. The normalized spacial score (nSPS) is 10.0. The largest absolute Gasteiger partial charge is 0.489 e. The number of hydrogen-bond donors (Lipinski definition) is 2. The molecule has 0 saturated carbocycles. The van der Waals surface area contributed by atoms with Crippen LogP contribution in [0.1, 0.15) is 11.1 Å². The van der Waals surface area contributed by atoms with Gasteiger partial charge in [0.2, 0.25) is 0 Å². The fourth-order valence-corrected chi connectivity index (χ4v) is 1.77. The van der Waals surface area contributed by atoms with Crippen LogP contribution in [0, 0.1) is 23.0 Å². The molecular formula is C14H10BF2NO3. The first-order valence-electron chi connectivity index (χ1n) is 5.97. The Hall–Kier alpha value is -2.43. The number of nitriles is 1. The summed E-state index contributed by atoms with van der Waals surface area (Å²) >= 11 is 0. The predicted molar refractivity (Wildman–Crippen MR) is 71.7 cm³/mol. The van der Waals surface area contributed by atoms with Crippen LogP contribution in [0.3, 0.4) is 0 Å². The summed E-state index contributed by atoms with van der Waals surface area (Å²) in [4.78, 5) is 0. The maximum absolute atomic E-state index is 13.3. The molecule has 2 aromatic rings. The van der Waals surface area contributed by atoms with Crippen LogP contribution < -0.4 is 10.2 Å². The molecule has 0 bridgehead atoms. The van der Waals surface area contributed by atoms with E-state index in [1.54, 1.807) is 0 Å². The zero-order chi connectivity index (χ0) is 15.4. The van der Waals surface area contributed by atoms with Gasteiger partial charge in [-0.15, -0.1) is 0 Å². The summed E-state index contributed by atoms with van der Waals surface area (Å²) in [5.74, 6) is -1.17. The summed E-state index contributed by atoms with van der Waals surface area (Å²) < 4.78 is 31.7. The van der Waals surface area contributed by atoms with Crippen molar-refractivity contribution in [3.8, 4) is 11.8 Å². The summed E-state index contributed by atoms with van der Waals surface area (Å²) in [6, 6.07) is 8.79. The molecule has 0 aliphatic heterocycles. The summed E-state index contributed by atoms with van der Waals surface area (Å²) in [6.45, 7) is -0.148. The Morgan fingerprint density at radius 1 is 1.10 bits per heavy atom. The Bertz CT molecular complexity index is 701. The fourth-order valence-electron chi connectivity index (χ4n) is 1.77. The zero-order valence-corrected chi connectivity index (χ0v) is 10.8. The van der Waals surface area contributed by atoms with Crippen LogP contribution in [0.25, 0.3) is 0 Å². The zero-order valence-electron chi connectivity index (χ0n) is 10.8. The monoisotopic (exact) mass is 289 g/mol. The molecule has 7 heteroatoms. The highest BCUT2D eigenvalue weighted by Gasteiger charge is 2.14. The van der Waals surface area contributed by atoms with E-state index in [1.165, 1.54) is 12.1 Å². The van der Waals surface area contributed by atoms with Gasteiger partial charge in [-0.25, -0.2) is 8.78 Å². The Balaban J connectivity index is 2.21. The number of hydrogen-bond acceptors (Lipinski definition) is 4. The van der Waals surface area contributed by atoms with Gasteiger partial charge in [0, 0.05) is 11.6 Å². The maximum atomic E-state index is 13.3. The van der Waals surface area contributed by atoms with E-state index in [9.17, 15) is 8.78 Å². The van der Waals surface area contributed by atoms with Crippen LogP contribution in [0.4, 0.5) is 8.78 Å². The Kier molecular flexibility index (Phi) is 4.53. The molecule has 0 atom stereocenters. The van der Waals surface area contributed by atoms with Gasteiger partial charge in [-0.2, -0.15) is 5.26 Å². The summed E-state index contributed by atoms with van der Waals surface area (Å²) in [5, 5.41) is 26.9. The molecule has 0 aliphatic carbocycles. The average molecular weight is 289 g/mol. The minimum atomic E-state index is -1.83. The van der Waals surface area contributed by atoms with Gasteiger partial charge >= 0.3 is 7.12 Å². The maximum Gasteiger partial charge on any atom is 0.488 e. The third-order valence-electron chi connectivity index (χ3n) is 2.77. The van der Waals surface area contributed by atoms with Gasteiger partial charge in [0.1, 0.15) is 24.0 Å². The molecule has 0 saturated heterocycles.